The topological polar surface area (TPSA) is 49.6 Å². The van der Waals surface area contributed by atoms with E-state index in [1.165, 1.54) is 0 Å². The molecule has 0 radical (unpaired) electrons. The molecule has 1 amide bonds. The van der Waals surface area contributed by atoms with Gasteiger partial charge < -0.3 is 10.2 Å². The molecule has 0 saturated carbocycles. The zero-order valence-corrected chi connectivity index (χ0v) is 14.5. The van der Waals surface area contributed by atoms with Gasteiger partial charge in [-0.15, -0.1) is 0 Å². The number of fused-ring (bicyclic) bond motifs is 1. The lowest BCUT2D eigenvalue weighted by molar-refractivity contribution is 0.0945. The number of nitrogens with zero attached hydrogens (tertiary/aromatic N) is 3. The maximum Gasteiger partial charge on any atom is 0.270 e. The molecular formula is C18H28N4O. The molecule has 0 fully saturated rings. The van der Waals surface area contributed by atoms with Crippen LogP contribution in [-0.2, 0) is 6.42 Å². The molecule has 0 saturated heterocycles. The molecule has 23 heavy (non-hydrogen) atoms. The quantitative estimate of drug-likeness (QED) is 0.724. The van der Waals surface area contributed by atoms with E-state index in [9.17, 15) is 4.79 Å². The first-order valence-electron chi connectivity index (χ1n) is 8.67. The van der Waals surface area contributed by atoms with Crippen LogP contribution in [0.25, 0.3) is 5.65 Å². The third kappa shape index (κ3) is 4.32. The van der Waals surface area contributed by atoms with Crippen molar-refractivity contribution < 1.29 is 4.79 Å². The lowest BCUT2D eigenvalue weighted by Crippen LogP contribution is -2.30. The average Bonchev–Trinajstić information content (AvgIpc) is 2.93. The highest BCUT2D eigenvalue weighted by molar-refractivity contribution is 5.94. The molecule has 0 atom stereocenters. The van der Waals surface area contributed by atoms with Gasteiger partial charge in [-0.25, -0.2) is 4.98 Å². The van der Waals surface area contributed by atoms with Crippen molar-refractivity contribution in [3.63, 3.8) is 0 Å². The Morgan fingerprint density at radius 2 is 2.04 bits per heavy atom. The van der Waals surface area contributed by atoms with Crippen LogP contribution in [0.15, 0.2) is 24.4 Å². The van der Waals surface area contributed by atoms with E-state index < -0.39 is 0 Å². The van der Waals surface area contributed by atoms with Crippen molar-refractivity contribution in [3.8, 4) is 0 Å². The van der Waals surface area contributed by atoms with E-state index in [1.54, 1.807) is 0 Å². The van der Waals surface area contributed by atoms with Crippen molar-refractivity contribution >= 4 is 11.6 Å². The molecule has 1 N–H and O–H groups in total. The van der Waals surface area contributed by atoms with Gasteiger partial charge in [0.25, 0.3) is 5.91 Å². The molecule has 0 aliphatic rings. The van der Waals surface area contributed by atoms with E-state index in [-0.39, 0.29) is 5.91 Å². The number of hydrogen-bond acceptors (Lipinski definition) is 3. The fourth-order valence-electron chi connectivity index (χ4n) is 2.82. The Bertz CT molecular complexity index is 631. The van der Waals surface area contributed by atoms with Gasteiger partial charge in [0.05, 0.1) is 5.69 Å². The highest BCUT2D eigenvalue weighted by atomic mass is 16.1. The molecular weight excluding hydrogens is 288 g/mol. The number of pyridine rings is 1. The number of carbonyl (C=O) groups excluding carboxylic acids is 1. The monoisotopic (exact) mass is 316 g/mol. The van der Waals surface area contributed by atoms with E-state index in [4.69, 9.17) is 0 Å². The van der Waals surface area contributed by atoms with Gasteiger partial charge in [-0.1, -0.05) is 33.3 Å². The van der Waals surface area contributed by atoms with Crippen molar-refractivity contribution in [1.82, 2.24) is 19.6 Å². The van der Waals surface area contributed by atoms with Crippen LogP contribution in [0, 0.1) is 0 Å². The van der Waals surface area contributed by atoms with Crippen molar-refractivity contribution in [2.75, 3.05) is 26.2 Å². The number of carbonyl (C=O) groups is 1. The molecule has 2 heterocycles. The van der Waals surface area contributed by atoms with Crippen molar-refractivity contribution in [3.05, 3.63) is 35.8 Å². The lowest BCUT2D eigenvalue weighted by atomic mass is 10.2. The Hall–Kier alpha value is -1.88. The predicted molar refractivity (Wildman–Crippen MR) is 93.9 cm³/mol. The van der Waals surface area contributed by atoms with Crippen molar-refractivity contribution in [1.29, 1.82) is 0 Å². The fourth-order valence-corrected chi connectivity index (χ4v) is 2.82. The van der Waals surface area contributed by atoms with Gasteiger partial charge in [-0.05, 0) is 44.6 Å². The molecule has 0 aliphatic heterocycles. The Morgan fingerprint density at radius 1 is 1.26 bits per heavy atom. The average molecular weight is 316 g/mol. The maximum atomic E-state index is 12.6. The van der Waals surface area contributed by atoms with Gasteiger partial charge in [0, 0.05) is 12.7 Å². The summed E-state index contributed by atoms with van der Waals surface area (Å²) in [6, 6.07) is 5.82. The molecule has 0 unspecified atom stereocenters. The maximum absolute atomic E-state index is 12.6. The van der Waals surface area contributed by atoms with Gasteiger partial charge in [0.2, 0.25) is 0 Å². The summed E-state index contributed by atoms with van der Waals surface area (Å²) >= 11 is 0. The predicted octanol–water partition coefficient (Wildman–Crippen LogP) is 2.75. The summed E-state index contributed by atoms with van der Waals surface area (Å²) < 4.78 is 1.89. The van der Waals surface area contributed by atoms with Crippen LogP contribution in [0.4, 0.5) is 0 Å². The zero-order chi connectivity index (χ0) is 16.7. The minimum atomic E-state index is -0.0216. The minimum absolute atomic E-state index is 0.0216. The molecule has 2 rings (SSSR count). The normalized spacial score (nSPS) is 11.3. The number of aryl methyl sites for hydroxylation is 1. The van der Waals surface area contributed by atoms with Gasteiger partial charge in [0.1, 0.15) is 11.3 Å². The lowest BCUT2D eigenvalue weighted by Gasteiger charge is -2.17. The van der Waals surface area contributed by atoms with Crippen molar-refractivity contribution in [2.45, 2.75) is 40.0 Å². The van der Waals surface area contributed by atoms with Crippen LogP contribution in [0.1, 0.15) is 49.8 Å². The summed E-state index contributed by atoms with van der Waals surface area (Å²) in [7, 11) is 0. The first-order valence-corrected chi connectivity index (χ1v) is 8.67. The first kappa shape index (κ1) is 17.5. The fraction of sp³-hybridized carbons (Fsp3) is 0.556. The molecule has 2 aromatic heterocycles. The number of rotatable bonds is 9. The summed E-state index contributed by atoms with van der Waals surface area (Å²) in [4.78, 5) is 19.6. The van der Waals surface area contributed by atoms with Crippen LogP contribution in [0.3, 0.4) is 0 Å². The van der Waals surface area contributed by atoms with E-state index in [0.717, 1.165) is 50.2 Å². The molecule has 2 aromatic rings. The molecule has 0 spiro atoms. The van der Waals surface area contributed by atoms with Crippen LogP contribution >= 0.6 is 0 Å². The SMILES string of the molecule is CCCc1nc2ccccn2c1C(=O)NCCCN(CC)CC. The third-order valence-corrected chi connectivity index (χ3v) is 4.14. The van der Waals surface area contributed by atoms with Crippen LogP contribution in [-0.4, -0.2) is 46.4 Å². The summed E-state index contributed by atoms with van der Waals surface area (Å²) in [5, 5.41) is 3.05. The van der Waals surface area contributed by atoms with E-state index in [2.05, 4.69) is 36.0 Å². The highest BCUT2D eigenvalue weighted by Gasteiger charge is 2.18. The standard InChI is InChI=1S/C18H28N4O/c1-4-10-15-17(22-14-8-7-11-16(22)20-15)18(23)19-12-9-13-21(5-2)6-3/h7-8,11,14H,4-6,9-10,12-13H2,1-3H3,(H,19,23). The molecule has 5 heteroatoms. The van der Waals surface area contributed by atoms with Gasteiger partial charge in [-0.3, -0.25) is 9.20 Å². The summed E-state index contributed by atoms with van der Waals surface area (Å²) in [5.41, 5.74) is 2.41. The van der Waals surface area contributed by atoms with Gasteiger partial charge in [0.15, 0.2) is 0 Å². The Balaban J connectivity index is 2.03. The molecule has 5 nitrogen and oxygen atoms in total. The molecule has 0 aliphatic carbocycles. The Labute approximate surface area is 138 Å². The van der Waals surface area contributed by atoms with Crippen LogP contribution in [0.5, 0.6) is 0 Å². The van der Waals surface area contributed by atoms with Crippen LogP contribution < -0.4 is 5.32 Å². The highest BCUT2D eigenvalue weighted by Crippen LogP contribution is 2.14. The summed E-state index contributed by atoms with van der Waals surface area (Å²) in [5.74, 6) is -0.0216. The molecule has 0 bridgehead atoms. The van der Waals surface area contributed by atoms with Gasteiger partial charge in [-0.2, -0.15) is 0 Å². The van der Waals surface area contributed by atoms with E-state index in [1.807, 2.05) is 28.8 Å². The van der Waals surface area contributed by atoms with Gasteiger partial charge >= 0.3 is 0 Å². The second-order valence-corrected chi connectivity index (χ2v) is 5.72. The number of nitrogens with one attached hydrogen (secondary N) is 1. The zero-order valence-electron chi connectivity index (χ0n) is 14.5. The second kappa shape index (κ2) is 8.67. The van der Waals surface area contributed by atoms with Crippen molar-refractivity contribution in [2.24, 2.45) is 0 Å². The number of aromatic nitrogens is 2. The molecule has 126 valence electrons. The van der Waals surface area contributed by atoms with E-state index >= 15 is 0 Å². The number of hydrogen-bond donors (Lipinski definition) is 1. The molecule has 0 aromatic carbocycles. The smallest absolute Gasteiger partial charge is 0.270 e. The minimum Gasteiger partial charge on any atom is -0.351 e. The number of amides is 1. The van der Waals surface area contributed by atoms with E-state index in [0.29, 0.717) is 12.2 Å². The first-order chi connectivity index (χ1) is 11.2. The number of imidazole rings is 1. The second-order valence-electron chi connectivity index (χ2n) is 5.72. The Kier molecular flexibility index (Phi) is 6.59. The Morgan fingerprint density at radius 3 is 2.74 bits per heavy atom. The summed E-state index contributed by atoms with van der Waals surface area (Å²) in [6.45, 7) is 10.3. The largest absolute Gasteiger partial charge is 0.351 e. The summed E-state index contributed by atoms with van der Waals surface area (Å²) in [6.07, 6.45) is 4.68. The third-order valence-electron chi connectivity index (χ3n) is 4.14. The van der Waals surface area contributed by atoms with Crippen LogP contribution in [0.2, 0.25) is 0 Å².